The molecule has 3 heteroatoms. The topological polar surface area (TPSA) is 35.5 Å². The molecule has 0 fully saturated rings. The molecule has 0 aliphatic carbocycles. The summed E-state index contributed by atoms with van der Waals surface area (Å²) in [5, 5.41) is 11.9. The van der Waals surface area contributed by atoms with Crippen molar-refractivity contribution in [2.45, 2.75) is 19.6 Å². The van der Waals surface area contributed by atoms with E-state index in [1.165, 1.54) is 0 Å². The minimum absolute atomic E-state index is 0.415. The van der Waals surface area contributed by atoms with Gasteiger partial charge in [-0.05, 0) is 26.4 Å². The summed E-state index contributed by atoms with van der Waals surface area (Å²) in [6.45, 7) is 12.8. The van der Waals surface area contributed by atoms with Crippen LogP contribution < -0.4 is 5.32 Å². The fraction of sp³-hybridized carbons (Fsp3) is 0.636. The normalized spacial score (nSPS) is 12.8. The Hall–Kier alpha value is -0.640. The summed E-state index contributed by atoms with van der Waals surface area (Å²) in [6.07, 6.45) is 4.39. The van der Waals surface area contributed by atoms with Crippen molar-refractivity contribution in [3.05, 3.63) is 25.3 Å². The molecule has 0 aromatic heterocycles. The molecule has 14 heavy (non-hydrogen) atoms. The van der Waals surface area contributed by atoms with E-state index in [4.69, 9.17) is 5.11 Å². The summed E-state index contributed by atoms with van der Waals surface area (Å²) in [4.78, 5) is 2.25. The first-order chi connectivity index (χ1) is 6.70. The number of aliphatic hydroxyl groups excluding tert-OH is 1. The van der Waals surface area contributed by atoms with Gasteiger partial charge in [0.2, 0.25) is 0 Å². The minimum Gasteiger partial charge on any atom is -0.379 e. The third kappa shape index (κ3) is 7.98. The lowest BCUT2D eigenvalue weighted by Gasteiger charge is -2.18. The van der Waals surface area contributed by atoms with Gasteiger partial charge in [-0.15, -0.1) is 13.2 Å². The first-order valence-corrected chi connectivity index (χ1v) is 5.06. The number of nitrogens with one attached hydrogen (secondary N) is 1. The smallest absolute Gasteiger partial charge is 0.102 e. The zero-order valence-corrected chi connectivity index (χ0v) is 9.08. The molecular formula is C11H22N2O. The van der Waals surface area contributed by atoms with Crippen LogP contribution in [-0.4, -0.2) is 42.4 Å². The molecule has 0 aliphatic heterocycles. The standard InChI is InChI=1S/C11H22N2O/c1-4-8-13(9-5-2)10-6-7-12-11(3)14/h4-5,11-12,14H,1-2,6-10H2,3H3. The van der Waals surface area contributed by atoms with Crippen LogP contribution in [0.25, 0.3) is 0 Å². The van der Waals surface area contributed by atoms with Crippen molar-refractivity contribution in [3.8, 4) is 0 Å². The van der Waals surface area contributed by atoms with Crippen LogP contribution in [-0.2, 0) is 0 Å². The van der Waals surface area contributed by atoms with E-state index in [9.17, 15) is 0 Å². The third-order valence-corrected chi connectivity index (χ3v) is 1.87. The highest BCUT2D eigenvalue weighted by atomic mass is 16.3. The number of aliphatic hydroxyl groups is 1. The van der Waals surface area contributed by atoms with E-state index in [0.29, 0.717) is 0 Å². The number of hydrogen-bond donors (Lipinski definition) is 2. The Morgan fingerprint density at radius 1 is 1.36 bits per heavy atom. The second-order valence-corrected chi connectivity index (χ2v) is 3.32. The Morgan fingerprint density at radius 3 is 2.36 bits per heavy atom. The molecule has 3 nitrogen and oxygen atoms in total. The molecule has 0 aromatic carbocycles. The third-order valence-electron chi connectivity index (χ3n) is 1.87. The van der Waals surface area contributed by atoms with Crippen molar-refractivity contribution in [1.29, 1.82) is 0 Å². The number of hydrogen-bond acceptors (Lipinski definition) is 3. The summed E-state index contributed by atoms with van der Waals surface area (Å²) >= 11 is 0. The van der Waals surface area contributed by atoms with Gasteiger partial charge in [0, 0.05) is 13.1 Å². The second-order valence-electron chi connectivity index (χ2n) is 3.32. The maximum atomic E-state index is 8.97. The summed E-state index contributed by atoms with van der Waals surface area (Å²) < 4.78 is 0. The van der Waals surface area contributed by atoms with E-state index in [1.54, 1.807) is 6.92 Å². The van der Waals surface area contributed by atoms with E-state index >= 15 is 0 Å². The molecule has 0 radical (unpaired) electrons. The maximum Gasteiger partial charge on any atom is 0.102 e. The zero-order chi connectivity index (χ0) is 10.8. The Bertz CT molecular complexity index is 147. The van der Waals surface area contributed by atoms with E-state index < -0.39 is 6.23 Å². The molecule has 0 bridgehead atoms. The minimum atomic E-state index is -0.415. The Labute approximate surface area is 87.1 Å². The molecule has 1 atom stereocenters. The molecule has 0 saturated heterocycles. The van der Waals surface area contributed by atoms with Gasteiger partial charge in [0.05, 0.1) is 0 Å². The average molecular weight is 198 g/mol. The highest BCUT2D eigenvalue weighted by molar-refractivity contribution is 4.79. The Morgan fingerprint density at radius 2 is 1.93 bits per heavy atom. The van der Waals surface area contributed by atoms with Crippen LogP contribution in [0, 0.1) is 0 Å². The first-order valence-electron chi connectivity index (χ1n) is 5.06. The molecule has 1 unspecified atom stereocenters. The van der Waals surface area contributed by atoms with Crippen molar-refractivity contribution in [2.24, 2.45) is 0 Å². The lowest BCUT2D eigenvalue weighted by atomic mass is 10.3. The molecule has 0 aromatic rings. The highest BCUT2D eigenvalue weighted by Crippen LogP contribution is 1.92. The second kappa shape index (κ2) is 8.94. The number of rotatable bonds is 9. The van der Waals surface area contributed by atoms with E-state index in [1.807, 2.05) is 12.2 Å². The van der Waals surface area contributed by atoms with E-state index in [-0.39, 0.29) is 0 Å². The van der Waals surface area contributed by atoms with Gasteiger partial charge in [-0.2, -0.15) is 0 Å². The van der Waals surface area contributed by atoms with Gasteiger partial charge in [-0.25, -0.2) is 0 Å². The van der Waals surface area contributed by atoms with Crippen LogP contribution >= 0.6 is 0 Å². The molecule has 0 aliphatic rings. The van der Waals surface area contributed by atoms with Gasteiger partial charge in [0.25, 0.3) is 0 Å². The monoisotopic (exact) mass is 198 g/mol. The number of nitrogens with zero attached hydrogens (tertiary/aromatic N) is 1. The first kappa shape index (κ1) is 13.4. The largest absolute Gasteiger partial charge is 0.379 e. The summed E-state index contributed by atoms with van der Waals surface area (Å²) in [5.41, 5.74) is 0. The van der Waals surface area contributed by atoms with Crippen molar-refractivity contribution >= 4 is 0 Å². The van der Waals surface area contributed by atoms with Gasteiger partial charge < -0.3 is 5.11 Å². The van der Waals surface area contributed by atoms with Crippen molar-refractivity contribution in [3.63, 3.8) is 0 Å². The van der Waals surface area contributed by atoms with E-state index in [0.717, 1.165) is 32.6 Å². The van der Waals surface area contributed by atoms with Crippen LogP contribution in [0.1, 0.15) is 13.3 Å². The van der Waals surface area contributed by atoms with E-state index in [2.05, 4.69) is 23.4 Å². The Balaban J connectivity index is 3.49. The summed E-state index contributed by atoms with van der Waals surface area (Å²) in [6, 6.07) is 0. The van der Waals surface area contributed by atoms with Crippen molar-refractivity contribution < 1.29 is 5.11 Å². The molecule has 0 saturated carbocycles. The quantitative estimate of drug-likeness (QED) is 0.329. The van der Waals surface area contributed by atoms with Crippen LogP contribution in [0.4, 0.5) is 0 Å². The zero-order valence-electron chi connectivity index (χ0n) is 9.08. The average Bonchev–Trinajstić information content (AvgIpc) is 2.12. The molecule has 0 rings (SSSR count). The van der Waals surface area contributed by atoms with Crippen LogP contribution in [0.15, 0.2) is 25.3 Å². The molecular weight excluding hydrogens is 176 g/mol. The van der Waals surface area contributed by atoms with Gasteiger partial charge in [0.1, 0.15) is 6.23 Å². The van der Waals surface area contributed by atoms with Gasteiger partial charge in [0.15, 0.2) is 0 Å². The van der Waals surface area contributed by atoms with Gasteiger partial charge in [-0.3, -0.25) is 10.2 Å². The van der Waals surface area contributed by atoms with Crippen molar-refractivity contribution in [1.82, 2.24) is 10.2 Å². The van der Waals surface area contributed by atoms with Crippen LogP contribution in [0.5, 0.6) is 0 Å². The van der Waals surface area contributed by atoms with Crippen LogP contribution in [0.2, 0.25) is 0 Å². The fourth-order valence-corrected chi connectivity index (χ4v) is 1.24. The molecule has 0 amide bonds. The Kier molecular flexibility index (Phi) is 8.53. The predicted octanol–water partition coefficient (Wildman–Crippen LogP) is 0.978. The molecule has 82 valence electrons. The predicted molar refractivity (Wildman–Crippen MR) is 61.1 cm³/mol. The lowest BCUT2D eigenvalue weighted by molar-refractivity contribution is 0.154. The van der Waals surface area contributed by atoms with Gasteiger partial charge >= 0.3 is 0 Å². The van der Waals surface area contributed by atoms with Gasteiger partial charge in [-0.1, -0.05) is 12.2 Å². The molecule has 2 N–H and O–H groups in total. The van der Waals surface area contributed by atoms with Crippen LogP contribution in [0.3, 0.4) is 0 Å². The maximum absolute atomic E-state index is 8.97. The molecule has 0 spiro atoms. The summed E-state index contributed by atoms with van der Waals surface area (Å²) in [5.74, 6) is 0. The lowest BCUT2D eigenvalue weighted by Crippen LogP contribution is -2.31. The molecule has 0 heterocycles. The summed E-state index contributed by atoms with van der Waals surface area (Å²) in [7, 11) is 0. The SMILES string of the molecule is C=CCN(CC=C)CCCNC(C)O. The highest BCUT2D eigenvalue weighted by Gasteiger charge is 2.00. The van der Waals surface area contributed by atoms with Crippen molar-refractivity contribution in [2.75, 3.05) is 26.2 Å². The fourth-order valence-electron chi connectivity index (χ4n) is 1.24.